The maximum Gasteiger partial charge on any atom is 0.125 e. The van der Waals surface area contributed by atoms with Crippen molar-refractivity contribution in [3.05, 3.63) is 46.0 Å². The summed E-state index contributed by atoms with van der Waals surface area (Å²) in [4.78, 5) is 2.06. The Balaban J connectivity index is 2.42. The molecule has 0 radical (unpaired) electrons. The number of rotatable bonds is 2. The average Bonchev–Trinajstić information content (AvgIpc) is 2.64. The highest BCUT2D eigenvalue weighted by molar-refractivity contribution is 7.15. The van der Waals surface area contributed by atoms with Gasteiger partial charge in [-0.1, -0.05) is 11.6 Å². The van der Waals surface area contributed by atoms with Crippen molar-refractivity contribution in [2.24, 2.45) is 5.73 Å². The molecule has 2 rings (SSSR count). The summed E-state index contributed by atoms with van der Waals surface area (Å²) in [6.07, 6.45) is 0. The van der Waals surface area contributed by atoms with E-state index in [1.165, 1.54) is 12.1 Å². The Morgan fingerprint density at radius 2 is 2.06 bits per heavy atom. The summed E-state index contributed by atoms with van der Waals surface area (Å²) in [6, 6.07) is 8.43. The number of thiophene rings is 1. The third-order valence-corrected chi connectivity index (χ3v) is 3.78. The molecule has 1 nitrogen and oxygen atoms in total. The minimum Gasteiger partial charge on any atom is -0.324 e. The summed E-state index contributed by atoms with van der Waals surface area (Å²) in [5, 5.41) is 0.408. The fourth-order valence-corrected chi connectivity index (χ4v) is 2.62. The summed E-state index contributed by atoms with van der Waals surface area (Å²) < 4.78 is 13.2. The van der Waals surface area contributed by atoms with Gasteiger partial charge in [-0.25, -0.2) is 4.39 Å². The van der Waals surface area contributed by atoms with Gasteiger partial charge in [0.1, 0.15) is 5.82 Å². The predicted octanol–water partition coefficient (Wildman–Crippen LogP) is 4.23. The molecule has 0 aliphatic rings. The van der Waals surface area contributed by atoms with Gasteiger partial charge in [0.15, 0.2) is 0 Å². The van der Waals surface area contributed by atoms with Gasteiger partial charge in [0, 0.05) is 20.8 Å². The zero-order chi connectivity index (χ0) is 11.7. The lowest BCUT2D eigenvalue weighted by molar-refractivity contribution is 0.628. The summed E-state index contributed by atoms with van der Waals surface area (Å²) in [5.74, 6) is -0.321. The van der Waals surface area contributed by atoms with Crippen molar-refractivity contribution < 1.29 is 4.39 Å². The Hall–Kier alpha value is -0.900. The lowest BCUT2D eigenvalue weighted by Gasteiger charge is -2.00. The van der Waals surface area contributed by atoms with E-state index in [-0.39, 0.29) is 11.9 Å². The number of hydrogen-bond acceptors (Lipinski definition) is 2. The Morgan fingerprint density at radius 1 is 1.31 bits per heavy atom. The molecule has 0 aliphatic carbocycles. The molecule has 0 aliphatic heterocycles. The molecule has 1 aromatic carbocycles. The molecule has 0 amide bonds. The maximum absolute atomic E-state index is 13.2. The minimum atomic E-state index is -0.321. The number of benzene rings is 1. The predicted molar refractivity (Wildman–Crippen MR) is 67.3 cm³/mol. The van der Waals surface area contributed by atoms with Crippen LogP contribution in [0.3, 0.4) is 0 Å². The first-order valence-corrected chi connectivity index (χ1v) is 6.07. The summed E-state index contributed by atoms with van der Waals surface area (Å²) in [7, 11) is 0. The van der Waals surface area contributed by atoms with Gasteiger partial charge >= 0.3 is 0 Å². The van der Waals surface area contributed by atoms with Crippen LogP contribution in [0, 0.1) is 5.82 Å². The molecular formula is C12H11ClFNS. The van der Waals surface area contributed by atoms with Crippen LogP contribution in [-0.2, 0) is 0 Å². The van der Waals surface area contributed by atoms with E-state index in [1.807, 2.05) is 19.1 Å². The average molecular weight is 256 g/mol. The van der Waals surface area contributed by atoms with E-state index < -0.39 is 0 Å². The minimum absolute atomic E-state index is 0.00258. The largest absolute Gasteiger partial charge is 0.324 e. The number of halogens is 2. The molecule has 1 unspecified atom stereocenters. The molecule has 0 bridgehead atoms. The third kappa shape index (κ3) is 2.43. The third-order valence-electron chi connectivity index (χ3n) is 2.22. The first-order valence-electron chi connectivity index (χ1n) is 4.88. The van der Waals surface area contributed by atoms with Crippen LogP contribution < -0.4 is 5.73 Å². The standard InChI is InChI=1S/C12H11ClFNS/c1-7(15)11-2-3-12(16-11)8-4-9(13)6-10(14)5-8/h2-7H,15H2,1H3. The first kappa shape index (κ1) is 11.6. The lowest BCUT2D eigenvalue weighted by atomic mass is 10.2. The van der Waals surface area contributed by atoms with Gasteiger partial charge < -0.3 is 5.73 Å². The second-order valence-electron chi connectivity index (χ2n) is 3.65. The topological polar surface area (TPSA) is 26.0 Å². The van der Waals surface area contributed by atoms with Crippen molar-refractivity contribution in [2.75, 3.05) is 0 Å². The van der Waals surface area contributed by atoms with Crippen molar-refractivity contribution in [3.8, 4) is 10.4 Å². The maximum atomic E-state index is 13.2. The van der Waals surface area contributed by atoms with Gasteiger partial charge in [0.05, 0.1) is 0 Å². The van der Waals surface area contributed by atoms with E-state index in [2.05, 4.69) is 0 Å². The van der Waals surface area contributed by atoms with E-state index in [9.17, 15) is 4.39 Å². The van der Waals surface area contributed by atoms with Crippen LogP contribution in [0.15, 0.2) is 30.3 Å². The second-order valence-corrected chi connectivity index (χ2v) is 5.20. The van der Waals surface area contributed by atoms with Crippen LogP contribution in [0.25, 0.3) is 10.4 Å². The van der Waals surface area contributed by atoms with Crippen molar-refractivity contribution in [1.82, 2.24) is 0 Å². The summed E-state index contributed by atoms with van der Waals surface area (Å²) in [5.41, 5.74) is 6.57. The molecule has 0 saturated heterocycles. The molecule has 0 spiro atoms. The van der Waals surface area contributed by atoms with Crippen LogP contribution >= 0.6 is 22.9 Å². The zero-order valence-electron chi connectivity index (χ0n) is 8.71. The highest BCUT2D eigenvalue weighted by Crippen LogP contribution is 2.32. The second kappa shape index (κ2) is 4.53. The van der Waals surface area contributed by atoms with Crippen LogP contribution in [0.2, 0.25) is 5.02 Å². The molecule has 0 saturated carbocycles. The zero-order valence-corrected chi connectivity index (χ0v) is 10.3. The smallest absolute Gasteiger partial charge is 0.125 e. The molecule has 2 N–H and O–H groups in total. The van der Waals surface area contributed by atoms with E-state index in [0.29, 0.717) is 5.02 Å². The molecule has 84 valence electrons. The van der Waals surface area contributed by atoms with Gasteiger partial charge in [0.2, 0.25) is 0 Å². The van der Waals surface area contributed by atoms with Crippen molar-refractivity contribution in [3.63, 3.8) is 0 Å². The lowest BCUT2D eigenvalue weighted by Crippen LogP contribution is -2.01. The van der Waals surface area contributed by atoms with Crippen molar-refractivity contribution >= 4 is 22.9 Å². The Labute approximate surface area is 103 Å². The Kier molecular flexibility index (Phi) is 3.28. The monoisotopic (exact) mass is 255 g/mol. The fraction of sp³-hybridized carbons (Fsp3) is 0.167. The van der Waals surface area contributed by atoms with E-state index in [1.54, 1.807) is 17.4 Å². The Morgan fingerprint density at radius 3 is 2.62 bits per heavy atom. The van der Waals surface area contributed by atoms with Gasteiger partial charge in [-0.05, 0) is 42.8 Å². The molecule has 2 aromatic rings. The molecular weight excluding hydrogens is 245 g/mol. The highest BCUT2D eigenvalue weighted by atomic mass is 35.5. The normalized spacial score (nSPS) is 12.8. The van der Waals surface area contributed by atoms with Crippen LogP contribution in [0.1, 0.15) is 17.8 Å². The van der Waals surface area contributed by atoms with Crippen LogP contribution in [0.4, 0.5) is 4.39 Å². The van der Waals surface area contributed by atoms with E-state index >= 15 is 0 Å². The summed E-state index contributed by atoms with van der Waals surface area (Å²) >= 11 is 7.37. The van der Waals surface area contributed by atoms with Crippen LogP contribution in [0.5, 0.6) is 0 Å². The van der Waals surface area contributed by atoms with Crippen molar-refractivity contribution in [2.45, 2.75) is 13.0 Å². The SMILES string of the molecule is CC(N)c1ccc(-c2cc(F)cc(Cl)c2)s1. The Bertz CT molecular complexity index is 487. The van der Waals surface area contributed by atoms with Crippen molar-refractivity contribution in [1.29, 1.82) is 0 Å². The van der Waals surface area contributed by atoms with Gasteiger partial charge in [-0.15, -0.1) is 11.3 Å². The van der Waals surface area contributed by atoms with E-state index in [0.717, 1.165) is 15.3 Å². The fourth-order valence-electron chi connectivity index (χ4n) is 1.45. The van der Waals surface area contributed by atoms with Crippen LogP contribution in [-0.4, -0.2) is 0 Å². The molecule has 1 heterocycles. The summed E-state index contributed by atoms with van der Waals surface area (Å²) in [6.45, 7) is 1.92. The van der Waals surface area contributed by atoms with Gasteiger partial charge in [-0.3, -0.25) is 0 Å². The molecule has 4 heteroatoms. The highest BCUT2D eigenvalue weighted by Gasteiger charge is 2.07. The molecule has 16 heavy (non-hydrogen) atoms. The first-order chi connectivity index (χ1) is 7.56. The quantitative estimate of drug-likeness (QED) is 0.854. The van der Waals surface area contributed by atoms with Gasteiger partial charge in [-0.2, -0.15) is 0 Å². The molecule has 1 atom stereocenters. The van der Waals surface area contributed by atoms with Gasteiger partial charge in [0.25, 0.3) is 0 Å². The molecule has 0 fully saturated rings. The number of hydrogen-bond donors (Lipinski definition) is 1. The van der Waals surface area contributed by atoms with E-state index in [4.69, 9.17) is 17.3 Å². The molecule has 1 aromatic heterocycles. The number of nitrogens with two attached hydrogens (primary N) is 1.